The van der Waals surface area contributed by atoms with E-state index in [-0.39, 0.29) is 0 Å². The SMILES string of the molecule is Nc1cc(-c2ccccc2Cl)c(N)nn1. The van der Waals surface area contributed by atoms with E-state index in [2.05, 4.69) is 10.2 Å². The molecule has 0 radical (unpaired) electrons. The highest BCUT2D eigenvalue weighted by molar-refractivity contribution is 6.33. The summed E-state index contributed by atoms with van der Waals surface area (Å²) in [5.74, 6) is 0.636. The molecule has 0 aliphatic heterocycles. The van der Waals surface area contributed by atoms with Gasteiger partial charge in [0, 0.05) is 16.1 Å². The lowest BCUT2D eigenvalue weighted by Gasteiger charge is -2.06. The molecular formula is C10H9ClN4. The molecule has 1 aromatic heterocycles. The molecule has 4 nitrogen and oxygen atoms in total. The van der Waals surface area contributed by atoms with Crippen LogP contribution in [0.15, 0.2) is 30.3 Å². The normalized spacial score (nSPS) is 10.2. The zero-order valence-electron chi connectivity index (χ0n) is 7.81. The highest BCUT2D eigenvalue weighted by Gasteiger charge is 2.08. The zero-order valence-corrected chi connectivity index (χ0v) is 8.57. The third-order valence-corrected chi connectivity index (χ3v) is 2.33. The molecule has 15 heavy (non-hydrogen) atoms. The van der Waals surface area contributed by atoms with Crippen LogP contribution in [0.1, 0.15) is 0 Å². The summed E-state index contributed by atoms with van der Waals surface area (Å²) in [6, 6.07) is 9.02. The molecule has 5 heteroatoms. The average molecular weight is 221 g/mol. The Morgan fingerprint density at radius 1 is 1.00 bits per heavy atom. The van der Waals surface area contributed by atoms with E-state index in [1.807, 2.05) is 18.2 Å². The summed E-state index contributed by atoms with van der Waals surface area (Å²) in [5.41, 5.74) is 12.8. The molecule has 2 rings (SSSR count). The molecule has 1 heterocycles. The number of rotatable bonds is 1. The number of anilines is 2. The van der Waals surface area contributed by atoms with Crippen LogP contribution in [-0.2, 0) is 0 Å². The number of halogens is 1. The summed E-state index contributed by atoms with van der Waals surface area (Å²) in [4.78, 5) is 0. The van der Waals surface area contributed by atoms with Gasteiger partial charge in [-0.2, -0.15) is 0 Å². The van der Waals surface area contributed by atoms with E-state index in [0.717, 1.165) is 5.56 Å². The molecule has 0 saturated heterocycles. The number of benzene rings is 1. The van der Waals surface area contributed by atoms with E-state index in [1.54, 1.807) is 12.1 Å². The van der Waals surface area contributed by atoms with E-state index in [1.165, 1.54) is 0 Å². The van der Waals surface area contributed by atoms with Crippen LogP contribution in [0.2, 0.25) is 5.02 Å². The highest BCUT2D eigenvalue weighted by Crippen LogP contribution is 2.30. The van der Waals surface area contributed by atoms with Crippen molar-refractivity contribution in [1.82, 2.24) is 10.2 Å². The second-order valence-corrected chi connectivity index (χ2v) is 3.46. The summed E-state index contributed by atoms with van der Waals surface area (Å²) < 4.78 is 0. The van der Waals surface area contributed by atoms with Crippen LogP contribution in [0.5, 0.6) is 0 Å². The van der Waals surface area contributed by atoms with Gasteiger partial charge in [0.2, 0.25) is 0 Å². The van der Waals surface area contributed by atoms with Gasteiger partial charge in [0.05, 0.1) is 0 Å². The lowest BCUT2D eigenvalue weighted by atomic mass is 10.1. The van der Waals surface area contributed by atoms with Crippen LogP contribution in [0.3, 0.4) is 0 Å². The summed E-state index contributed by atoms with van der Waals surface area (Å²) >= 11 is 6.04. The van der Waals surface area contributed by atoms with Crippen molar-refractivity contribution in [2.45, 2.75) is 0 Å². The lowest BCUT2D eigenvalue weighted by Crippen LogP contribution is -2.00. The molecule has 0 unspecified atom stereocenters. The van der Waals surface area contributed by atoms with Crippen molar-refractivity contribution < 1.29 is 0 Å². The van der Waals surface area contributed by atoms with Crippen molar-refractivity contribution in [2.75, 3.05) is 11.5 Å². The van der Waals surface area contributed by atoms with Gasteiger partial charge in [-0.15, -0.1) is 10.2 Å². The van der Waals surface area contributed by atoms with Gasteiger partial charge >= 0.3 is 0 Å². The lowest BCUT2D eigenvalue weighted by molar-refractivity contribution is 1.05. The molecule has 2 aromatic rings. The Bertz CT molecular complexity index is 499. The molecule has 0 spiro atoms. The molecule has 76 valence electrons. The second-order valence-electron chi connectivity index (χ2n) is 3.05. The van der Waals surface area contributed by atoms with Crippen LogP contribution in [-0.4, -0.2) is 10.2 Å². The number of hydrogen-bond acceptors (Lipinski definition) is 4. The second kappa shape index (κ2) is 3.74. The minimum atomic E-state index is 0.317. The van der Waals surface area contributed by atoms with Gasteiger partial charge < -0.3 is 11.5 Å². The van der Waals surface area contributed by atoms with Gasteiger partial charge in [0.15, 0.2) is 5.82 Å². The van der Waals surface area contributed by atoms with Crippen molar-refractivity contribution in [3.63, 3.8) is 0 Å². The Morgan fingerprint density at radius 3 is 2.47 bits per heavy atom. The fourth-order valence-corrected chi connectivity index (χ4v) is 1.55. The monoisotopic (exact) mass is 220 g/mol. The summed E-state index contributed by atoms with van der Waals surface area (Å²) in [5, 5.41) is 8.00. The fourth-order valence-electron chi connectivity index (χ4n) is 1.31. The van der Waals surface area contributed by atoms with Gasteiger partial charge in [-0.3, -0.25) is 0 Å². The zero-order chi connectivity index (χ0) is 10.8. The van der Waals surface area contributed by atoms with E-state index in [4.69, 9.17) is 23.1 Å². The summed E-state index contributed by atoms with van der Waals surface area (Å²) in [7, 11) is 0. The molecular weight excluding hydrogens is 212 g/mol. The number of nitrogens with two attached hydrogens (primary N) is 2. The highest BCUT2D eigenvalue weighted by atomic mass is 35.5. The predicted octanol–water partition coefficient (Wildman–Crippen LogP) is 1.96. The first-order valence-corrected chi connectivity index (χ1v) is 4.70. The Labute approximate surface area is 91.9 Å². The molecule has 0 aliphatic rings. The number of nitrogens with zero attached hydrogens (tertiary/aromatic N) is 2. The molecule has 0 amide bonds. The topological polar surface area (TPSA) is 77.8 Å². The van der Waals surface area contributed by atoms with Crippen molar-refractivity contribution >= 4 is 23.2 Å². The van der Waals surface area contributed by atoms with Gasteiger partial charge in [0.25, 0.3) is 0 Å². The summed E-state index contributed by atoms with van der Waals surface area (Å²) in [6.07, 6.45) is 0. The molecule has 0 saturated carbocycles. The first kappa shape index (κ1) is 9.73. The molecule has 0 aliphatic carbocycles. The van der Waals surface area contributed by atoms with Crippen LogP contribution < -0.4 is 11.5 Å². The minimum absolute atomic E-state index is 0.317. The largest absolute Gasteiger partial charge is 0.382 e. The Balaban J connectivity index is 2.64. The number of hydrogen-bond donors (Lipinski definition) is 2. The Morgan fingerprint density at radius 2 is 1.73 bits per heavy atom. The molecule has 0 bridgehead atoms. The van der Waals surface area contributed by atoms with Gasteiger partial charge in [-0.05, 0) is 12.1 Å². The van der Waals surface area contributed by atoms with Crippen LogP contribution >= 0.6 is 11.6 Å². The number of nitrogen functional groups attached to an aromatic ring is 2. The third-order valence-electron chi connectivity index (χ3n) is 2.01. The van der Waals surface area contributed by atoms with E-state index >= 15 is 0 Å². The Kier molecular flexibility index (Phi) is 2.43. The quantitative estimate of drug-likeness (QED) is 0.770. The van der Waals surface area contributed by atoms with Crippen molar-refractivity contribution in [3.8, 4) is 11.1 Å². The standard InChI is InChI=1S/C10H9ClN4/c11-8-4-2-1-3-6(8)7-5-9(12)14-15-10(7)13/h1-5H,(H2,12,14)(H2,13,15). The van der Waals surface area contributed by atoms with E-state index < -0.39 is 0 Å². The van der Waals surface area contributed by atoms with E-state index in [0.29, 0.717) is 22.2 Å². The van der Waals surface area contributed by atoms with Crippen LogP contribution in [0.25, 0.3) is 11.1 Å². The van der Waals surface area contributed by atoms with E-state index in [9.17, 15) is 0 Å². The van der Waals surface area contributed by atoms with Crippen LogP contribution in [0, 0.1) is 0 Å². The maximum absolute atomic E-state index is 6.04. The Hall–Kier alpha value is -1.81. The first-order valence-electron chi connectivity index (χ1n) is 4.32. The van der Waals surface area contributed by atoms with Crippen LogP contribution in [0.4, 0.5) is 11.6 Å². The van der Waals surface area contributed by atoms with Gasteiger partial charge in [0.1, 0.15) is 5.82 Å². The first-order chi connectivity index (χ1) is 7.18. The van der Waals surface area contributed by atoms with Crippen molar-refractivity contribution in [3.05, 3.63) is 35.4 Å². The average Bonchev–Trinajstić information content (AvgIpc) is 2.23. The molecule has 0 atom stereocenters. The molecule has 4 N–H and O–H groups in total. The third kappa shape index (κ3) is 1.85. The molecule has 0 fully saturated rings. The maximum Gasteiger partial charge on any atom is 0.154 e. The number of aromatic nitrogens is 2. The fraction of sp³-hybridized carbons (Fsp3) is 0. The minimum Gasteiger partial charge on any atom is -0.382 e. The van der Waals surface area contributed by atoms with Crippen molar-refractivity contribution in [2.24, 2.45) is 0 Å². The smallest absolute Gasteiger partial charge is 0.154 e. The summed E-state index contributed by atoms with van der Waals surface area (Å²) in [6.45, 7) is 0. The molecule has 1 aromatic carbocycles. The van der Waals surface area contributed by atoms with Crippen molar-refractivity contribution in [1.29, 1.82) is 0 Å². The predicted molar refractivity (Wildman–Crippen MR) is 61.3 cm³/mol. The maximum atomic E-state index is 6.04. The van der Waals surface area contributed by atoms with Gasteiger partial charge in [-0.1, -0.05) is 29.8 Å². The van der Waals surface area contributed by atoms with Gasteiger partial charge in [-0.25, -0.2) is 0 Å².